The summed E-state index contributed by atoms with van der Waals surface area (Å²) < 4.78 is 0. The number of aromatic amines is 1. The minimum absolute atomic E-state index is 0.376. The van der Waals surface area contributed by atoms with Crippen LogP contribution in [0.5, 0.6) is 5.75 Å². The molecule has 1 amide bonds. The van der Waals surface area contributed by atoms with Crippen LogP contribution in [-0.2, 0) is 11.2 Å². The maximum absolute atomic E-state index is 11.7. The Morgan fingerprint density at radius 1 is 1.44 bits per heavy atom. The number of pyridine rings is 1. The first-order valence-electron chi connectivity index (χ1n) is 5.11. The monoisotopic (exact) mass is 270 g/mol. The molecule has 0 atom stereocenters. The molecule has 0 bridgehead atoms. The fourth-order valence-corrected chi connectivity index (χ4v) is 2.74. The first-order valence-corrected chi connectivity index (χ1v) is 6.10. The summed E-state index contributed by atoms with van der Waals surface area (Å²) in [4.78, 5) is 36.6. The highest BCUT2D eigenvalue weighted by atomic mass is 32.2. The molecule has 0 aliphatic carbocycles. The van der Waals surface area contributed by atoms with Crippen molar-refractivity contribution in [2.24, 2.45) is 0 Å². The minimum atomic E-state index is -1.23. The normalized spacial score (nSPS) is 13.1. The molecule has 1 aliphatic heterocycles. The number of nitrogens with one attached hydrogen (secondary N) is 2. The van der Waals surface area contributed by atoms with Gasteiger partial charge in [-0.2, -0.15) is 0 Å². The Balaban J connectivity index is 2.36. The van der Waals surface area contributed by atoms with Gasteiger partial charge in [0, 0.05) is 11.4 Å². The fraction of sp³-hybridized carbons (Fsp3) is 0.300. The molecule has 4 N–H and O–H groups in total. The highest BCUT2D eigenvalue weighted by Gasteiger charge is 2.25. The van der Waals surface area contributed by atoms with Crippen molar-refractivity contribution in [2.45, 2.75) is 11.3 Å². The maximum Gasteiger partial charge on any atom is 0.322 e. The molecule has 7 nitrogen and oxygen atoms in total. The Morgan fingerprint density at radius 3 is 2.83 bits per heavy atom. The van der Waals surface area contributed by atoms with E-state index in [-0.39, 0.29) is 5.75 Å². The average molecular weight is 270 g/mol. The van der Waals surface area contributed by atoms with Crippen molar-refractivity contribution in [2.75, 3.05) is 12.3 Å². The van der Waals surface area contributed by atoms with Crippen LogP contribution in [0.3, 0.4) is 0 Å². The number of hydrogen-bond donors (Lipinski definition) is 4. The second-order valence-corrected chi connectivity index (χ2v) is 4.77. The molecule has 8 heteroatoms. The number of fused-ring (bicyclic) bond motifs is 1. The Kier molecular flexibility index (Phi) is 3.28. The van der Waals surface area contributed by atoms with Crippen molar-refractivity contribution >= 4 is 23.6 Å². The van der Waals surface area contributed by atoms with Gasteiger partial charge in [-0.15, -0.1) is 11.8 Å². The molecule has 0 fully saturated rings. The van der Waals surface area contributed by atoms with E-state index in [9.17, 15) is 19.5 Å². The molecule has 0 radical (unpaired) electrons. The number of thioether (sulfide) groups is 1. The first-order chi connectivity index (χ1) is 8.50. The van der Waals surface area contributed by atoms with Crippen LogP contribution in [0.25, 0.3) is 0 Å². The zero-order valence-corrected chi connectivity index (χ0v) is 9.97. The number of carbonyl (C=O) groups is 2. The summed E-state index contributed by atoms with van der Waals surface area (Å²) in [7, 11) is 0. The molecule has 0 saturated heterocycles. The summed E-state index contributed by atoms with van der Waals surface area (Å²) in [6.07, 6.45) is 0.625. The van der Waals surface area contributed by atoms with Crippen LogP contribution in [-0.4, -0.2) is 39.4 Å². The van der Waals surface area contributed by atoms with Gasteiger partial charge in [-0.3, -0.25) is 14.4 Å². The molecule has 2 rings (SSSR count). The second-order valence-electron chi connectivity index (χ2n) is 3.66. The van der Waals surface area contributed by atoms with E-state index in [4.69, 9.17) is 5.11 Å². The van der Waals surface area contributed by atoms with Gasteiger partial charge < -0.3 is 20.5 Å². The Bertz CT molecular complexity index is 580. The van der Waals surface area contributed by atoms with E-state index < -0.39 is 29.5 Å². The number of carbonyl (C=O) groups excluding carboxylic acids is 1. The zero-order chi connectivity index (χ0) is 13.3. The number of rotatable bonds is 3. The number of aliphatic carboxylic acids is 1. The van der Waals surface area contributed by atoms with E-state index in [0.29, 0.717) is 17.0 Å². The van der Waals surface area contributed by atoms with Gasteiger partial charge in [0.05, 0.1) is 4.90 Å². The number of carboxylic acids is 1. The number of carboxylic acid groups (broad SMARTS) is 1. The van der Waals surface area contributed by atoms with Gasteiger partial charge in [0.1, 0.15) is 17.9 Å². The lowest BCUT2D eigenvalue weighted by Gasteiger charge is -2.07. The highest BCUT2D eigenvalue weighted by molar-refractivity contribution is 7.99. The van der Waals surface area contributed by atoms with Crippen molar-refractivity contribution in [1.82, 2.24) is 10.3 Å². The van der Waals surface area contributed by atoms with Gasteiger partial charge in [0.25, 0.3) is 11.5 Å². The molecule has 0 spiro atoms. The predicted molar refractivity (Wildman–Crippen MR) is 63.1 cm³/mol. The zero-order valence-electron chi connectivity index (χ0n) is 9.15. The summed E-state index contributed by atoms with van der Waals surface area (Å²) in [5, 5.41) is 20.4. The standard InChI is InChI=1S/C10H10N2O5S/c13-5(14)3-11-9(16)6-7(15)8-4(1-2-18-8)12-10(6)17/h1-3H2,(H,11,16)(H,13,14)(H2,12,15,17). The average Bonchev–Trinajstić information content (AvgIpc) is 2.74. The predicted octanol–water partition coefficient (Wildman–Crippen LogP) is -0.457. The van der Waals surface area contributed by atoms with Crippen LogP contribution in [0.2, 0.25) is 0 Å². The Labute approximate surface area is 105 Å². The number of H-pyrrole nitrogens is 1. The van der Waals surface area contributed by atoms with E-state index in [1.54, 1.807) is 0 Å². The van der Waals surface area contributed by atoms with Crippen molar-refractivity contribution < 1.29 is 19.8 Å². The third-order valence-corrected chi connectivity index (χ3v) is 3.58. The maximum atomic E-state index is 11.7. The fourth-order valence-electron chi connectivity index (χ4n) is 1.66. The summed E-state index contributed by atoms with van der Waals surface area (Å²) in [6, 6.07) is 0. The van der Waals surface area contributed by atoms with Crippen molar-refractivity contribution in [3.8, 4) is 5.75 Å². The molecule has 0 aromatic carbocycles. The van der Waals surface area contributed by atoms with Crippen molar-refractivity contribution in [3.63, 3.8) is 0 Å². The van der Waals surface area contributed by atoms with Crippen LogP contribution in [0.15, 0.2) is 9.69 Å². The van der Waals surface area contributed by atoms with Gasteiger partial charge in [-0.25, -0.2) is 0 Å². The van der Waals surface area contributed by atoms with Gasteiger partial charge in [-0.1, -0.05) is 0 Å². The molecule has 2 heterocycles. The topological polar surface area (TPSA) is 119 Å². The summed E-state index contributed by atoms with van der Waals surface area (Å²) in [6.45, 7) is -0.609. The van der Waals surface area contributed by atoms with Crippen LogP contribution < -0.4 is 10.9 Å². The summed E-state index contributed by atoms with van der Waals surface area (Å²) in [5.74, 6) is -1.78. The largest absolute Gasteiger partial charge is 0.506 e. The molecule has 0 saturated carbocycles. The van der Waals surface area contributed by atoms with E-state index in [2.05, 4.69) is 4.98 Å². The molecule has 0 unspecified atom stereocenters. The molecule has 1 aromatic rings. The number of aromatic nitrogens is 1. The Hall–Kier alpha value is -1.96. The number of aromatic hydroxyl groups is 1. The number of aryl methyl sites for hydroxylation is 1. The number of hydrogen-bond acceptors (Lipinski definition) is 5. The highest BCUT2D eigenvalue weighted by Crippen LogP contribution is 2.37. The van der Waals surface area contributed by atoms with Crippen molar-refractivity contribution in [3.05, 3.63) is 21.6 Å². The van der Waals surface area contributed by atoms with Crippen LogP contribution in [0.4, 0.5) is 0 Å². The SMILES string of the molecule is O=C(O)CNC(=O)c1c(O)c2c([nH]c1=O)CCS2. The van der Waals surface area contributed by atoms with E-state index in [0.717, 1.165) is 5.75 Å². The molecular formula is C10H10N2O5S. The molecule has 1 aliphatic rings. The minimum Gasteiger partial charge on any atom is -0.506 e. The third-order valence-electron chi connectivity index (χ3n) is 2.44. The molecular weight excluding hydrogens is 260 g/mol. The Morgan fingerprint density at radius 2 is 2.17 bits per heavy atom. The first kappa shape index (κ1) is 12.5. The van der Waals surface area contributed by atoms with Crippen molar-refractivity contribution in [1.29, 1.82) is 0 Å². The lowest BCUT2D eigenvalue weighted by atomic mass is 10.2. The van der Waals surface area contributed by atoms with Crippen LogP contribution in [0, 0.1) is 0 Å². The number of amides is 1. The lowest BCUT2D eigenvalue weighted by molar-refractivity contribution is -0.135. The second kappa shape index (κ2) is 4.73. The van der Waals surface area contributed by atoms with Gasteiger partial charge in [-0.05, 0) is 6.42 Å². The third kappa shape index (κ3) is 2.19. The van der Waals surface area contributed by atoms with Gasteiger partial charge in [0.15, 0.2) is 0 Å². The smallest absolute Gasteiger partial charge is 0.322 e. The molecule has 1 aromatic heterocycles. The van der Waals surface area contributed by atoms with E-state index >= 15 is 0 Å². The van der Waals surface area contributed by atoms with Crippen LogP contribution >= 0.6 is 11.8 Å². The molecule has 96 valence electrons. The van der Waals surface area contributed by atoms with E-state index in [1.165, 1.54) is 11.8 Å². The lowest BCUT2D eigenvalue weighted by Crippen LogP contribution is -2.33. The van der Waals surface area contributed by atoms with E-state index in [1.807, 2.05) is 5.32 Å². The summed E-state index contributed by atoms with van der Waals surface area (Å²) >= 11 is 1.34. The van der Waals surface area contributed by atoms with Crippen LogP contribution in [0.1, 0.15) is 16.1 Å². The van der Waals surface area contributed by atoms with Gasteiger partial charge >= 0.3 is 5.97 Å². The molecule has 18 heavy (non-hydrogen) atoms. The summed E-state index contributed by atoms with van der Waals surface area (Å²) in [5.41, 5.74) is -0.543. The quantitative estimate of drug-likeness (QED) is 0.590. The van der Waals surface area contributed by atoms with Gasteiger partial charge in [0.2, 0.25) is 0 Å².